The second-order valence-electron chi connectivity index (χ2n) is 8.44. The van der Waals surface area contributed by atoms with Crippen LogP contribution in [0.2, 0.25) is 5.02 Å². The third-order valence-electron chi connectivity index (χ3n) is 6.24. The lowest BCUT2D eigenvalue weighted by Crippen LogP contribution is -2.44. The van der Waals surface area contributed by atoms with Crippen molar-refractivity contribution in [2.24, 2.45) is 5.92 Å². The van der Waals surface area contributed by atoms with E-state index in [1.165, 1.54) is 0 Å². The topological polar surface area (TPSA) is 50.8 Å². The van der Waals surface area contributed by atoms with E-state index in [4.69, 9.17) is 21.1 Å². The number of nitrogens with zero attached hydrogens (tertiary/aromatic N) is 1. The third-order valence-corrected chi connectivity index (χ3v) is 6.50. The number of benzene rings is 3. The summed E-state index contributed by atoms with van der Waals surface area (Å²) in [5.74, 6) is 1.73. The molecule has 178 valence electrons. The first-order chi connectivity index (χ1) is 16.7. The first kappa shape index (κ1) is 24.1. The molecule has 1 aliphatic heterocycles. The molecule has 0 radical (unpaired) electrons. The first-order valence-electron chi connectivity index (χ1n) is 11.7. The van der Waals surface area contributed by atoms with Gasteiger partial charge in [-0.2, -0.15) is 0 Å². The number of rotatable bonds is 9. The zero-order chi connectivity index (χ0) is 23.8. The van der Waals surface area contributed by atoms with Crippen molar-refractivity contribution in [2.45, 2.75) is 18.9 Å². The number of hydrogen-bond donors (Lipinski definition) is 1. The van der Waals surface area contributed by atoms with Gasteiger partial charge in [-0.25, -0.2) is 0 Å². The van der Waals surface area contributed by atoms with Gasteiger partial charge >= 0.3 is 0 Å². The molecule has 6 heteroatoms. The fourth-order valence-corrected chi connectivity index (χ4v) is 4.56. The van der Waals surface area contributed by atoms with Crippen LogP contribution in [0.1, 0.15) is 30.0 Å². The van der Waals surface area contributed by atoms with Crippen LogP contribution in [-0.4, -0.2) is 44.2 Å². The minimum atomic E-state index is -0.259. The molecule has 3 aromatic rings. The molecule has 1 N–H and O–H groups in total. The van der Waals surface area contributed by atoms with Crippen molar-refractivity contribution in [3.8, 4) is 11.5 Å². The number of hydrogen-bond acceptors (Lipinski definition) is 4. The molecule has 0 bridgehead atoms. The Balaban J connectivity index is 1.67. The molecule has 0 saturated carbocycles. The van der Waals surface area contributed by atoms with Crippen LogP contribution < -0.4 is 14.8 Å². The molecule has 1 fully saturated rings. The van der Waals surface area contributed by atoms with Crippen LogP contribution in [0.3, 0.4) is 0 Å². The maximum Gasteiger partial charge on any atom is 0.226 e. The van der Waals surface area contributed by atoms with Crippen LogP contribution in [0.15, 0.2) is 78.9 Å². The van der Waals surface area contributed by atoms with Gasteiger partial charge in [0.15, 0.2) is 0 Å². The van der Waals surface area contributed by atoms with Crippen LogP contribution in [0.4, 0.5) is 0 Å². The van der Waals surface area contributed by atoms with E-state index in [9.17, 15) is 4.79 Å². The van der Waals surface area contributed by atoms with Gasteiger partial charge in [0, 0.05) is 10.9 Å². The predicted molar refractivity (Wildman–Crippen MR) is 136 cm³/mol. The van der Waals surface area contributed by atoms with Crippen LogP contribution in [0.25, 0.3) is 0 Å². The zero-order valence-corrected chi connectivity index (χ0v) is 20.2. The highest BCUT2D eigenvalue weighted by molar-refractivity contribution is 6.30. The van der Waals surface area contributed by atoms with Gasteiger partial charge in [0.2, 0.25) is 5.91 Å². The number of methoxy groups -OCH3 is 1. The van der Waals surface area contributed by atoms with Crippen molar-refractivity contribution in [1.29, 1.82) is 0 Å². The summed E-state index contributed by atoms with van der Waals surface area (Å²) >= 11 is 6.19. The van der Waals surface area contributed by atoms with E-state index >= 15 is 0 Å². The lowest BCUT2D eigenvalue weighted by molar-refractivity contribution is -0.138. The van der Waals surface area contributed by atoms with Gasteiger partial charge in [0.25, 0.3) is 0 Å². The number of amides is 1. The second-order valence-corrected chi connectivity index (χ2v) is 8.88. The summed E-state index contributed by atoms with van der Waals surface area (Å²) in [7, 11) is 1.65. The predicted octanol–water partition coefficient (Wildman–Crippen LogP) is 5.35. The van der Waals surface area contributed by atoms with E-state index in [-0.39, 0.29) is 17.9 Å². The Morgan fingerprint density at radius 2 is 1.56 bits per heavy atom. The lowest BCUT2D eigenvalue weighted by Gasteiger charge is -2.36. The number of halogens is 1. The van der Waals surface area contributed by atoms with Crippen LogP contribution in [0, 0.1) is 5.92 Å². The van der Waals surface area contributed by atoms with Crippen molar-refractivity contribution < 1.29 is 14.3 Å². The summed E-state index contributed by atoms with van der Waals surface area (Å²) in [5, 5.41) is 4.03. The Kier molecular flexibility index (Phi) is 8.45. The Morgan fingerprint density at radius 1 is 0.941 bits per heavy atom. The molecule has 0 aromatic heterocycles. The first-order valence-corrected chi connectivity index (χ1v) is 12.1. The van der Waals surface area contributed by atoms with Gasteiger partial charge in [-0.15, -0.1) is 0 Å². The largest absolute Gasteiger partial charge is 0.497 e. The number of ether oxygens (including phenoxy) is 2. The van der Waals surface area contributed by atoms with Gasteiger partial charge in [-0.3, -0.25) is 4.79 Å². The summed E-state index contributed by atoms with van der Waals surface area (Å²) in [6.07, 6.45) is 1.68. The normalized spacial score (nSPS) is 14.9. The minimum absolute atomic E-state index is 0.00831. The second kappa shape index (κ2) is 11.9. The fraction of sp³-hybridized carbons (Fsp3) is 0.321. The molecule has 0 unspecified atom stereocenters. The summed E-state index contributed by atoms with van der Waals surface area (Å²) in [4.78, 5) is 15.9. The van der Waals surface area contributed by atoms with E-state index in [2.05, 4.69) is 5.32 Å². The number of piperidine rings is 1. The van der Waals surface area contributed by atoms with E-state index in [0.717, 1.165) is 48.6 Å². The summed E-state index contributed by atoms with van der Waals surface area (Å²) in [6.45, 7) is 2.59. The average Bonchev–Trinajstić information content (AvgIpc) is 2.90. The maximum atomic E-state index is 13.9. The highest BCUT2D eigenvalue weighted by Gasteiger charge is 2.32. The van der Waals surface area contributed by atoms with Gasteiger partial charge in [-0.1, -0.05) is 54.1 Å². The Morgan fingerprint density at radius 3 is 2.18 bits per heavy atom. The highest BCUT2D eigenvalue weighted by Crippen LogP contribution is 2.33. The van der Waals surface area contributed by atoms with Crippen LogP contribution in [-0.2, 0) is 4.79 Å². The maximum absolute atomic E-state index is 13.9. The minimum Gasteiger partial charge on any atom is -0.497 e. The molecular weight excluding hydrogens is 448 g/mol. The van der Waals surface area contributed by atoms with Crippen molar-refractivity contribution in [2.75, 3.05) is 33.4 Å². The quantitative estimate of drug-likeness (QED) is 0.450. The summed E-state index contributed by atoms with van der Waals surface area (Å²) in [6, 6.07) is 25.1. The summed E-state index contributed by atoms with van der Waals surface area (Å²) in [5.41, 5.74) is 2.03. The fourth-order valence-electron chi connectivity index (χ4n) is 4.43. The van der Waals surface area contributed by atoms with E-state index in [0.29, 0.717) is 18.2 Å². The molecule has 1 heterocycles. The van der Waals surface area contributed by atoms with E-state index < -0.39 is 0 Å². The number of para-hydroxylation sites is 1. The van der Waals surface area contributed by atoms with Gasteiger partial charge in [0.05, 0.1) is 19.7 Å². The van der Waals surface area contributed by atoms with Crippen molar-refractivity contribution >= 4 is 17.5 Å². The molecule has 3 aromatic carbocycles. The Labute approximate surface area is 206 Å². The van der Waals surface area contributed by atoms with Gasteiger partial charge in [0.1, 0.15) is 18.1 Å². The third kappa shape index (κ3) is 6.10. The molecule has 1 saturated heterocycles. The molecule has 1 amide bonds. The lowest BCUT2D eigenvalue weighted by atomic mass is 9.92. The summed E-state index contributed by atoms with van der Waals surface area (Å²) < 4.78 is 11.4. The number of nitrogens with one attached hydrogen (secondary N) is 1. The van der Waals surface area contributed by atoms with Crippen LogP contribution in [0.5, 0.6) is 11.5 Å². The Hall–Kier alpha value is -3.02. The molecule has 0 spiro atoms. The van der Waals surface area contributed by atoms with Crippen LogP contribution >= 0.6 is 11.6 Å². The molecule has 4 rings (SSSR count). The molecule has 34 heavy (non-hydrogen) atoms. The standard InChI is InChI=1S/C28H31ClN2O3/c1-33-25-13-9-22(10-14-25)27(21-7-11-24(29)12-8-21)31(28(32)23-15-17-30-18-16-23)19-20-34-26-5-3-2-4-6-26/h2-14,23,27,30H,15-20H2,1H3/t27-/m1/s1. The smallest absolute Gasteiger partial charge is 0.226 e. The van der Waals surface area contributed by atoms with Crippen molar-refractivity contribution in [3.63, 3.8) is 0 Å². The zero-order valence-electron chi connectivity index (χ0n) is 19.5. The Bertz CT molecular complexity index is 1040. The highest BCUT2D eigenvalue weighted by atomic mass is 35.5. The molecular formula is C28H31ClN2O3. The van der Waals surface area contributed by atoms with Crippen molar-refractivity contribution in [1.82, 2.24) is 10.2 Å². The van der Waals surface area contributed by atoms with Crippen molar-refractivity contribution in [3.05, 3.63) is 95.0 Å². The monoisotopic (exact) mass is 478 g/mol. The van der Waals surface area contributed by atoms with Gasteiger partial charge in [-0.05, 0) is 73.5 Å². The van der Waals surface area contributed by atoms with E-state index in [1.54, 1.807) is 7.11 Å². The molecule has 1 atom stereocenters. The average molecular weight is 479 g/mol. The van der Waals surface area contributed by atoms with Gasteiger partial charge < -0.3 is 19.7 Å². The molecule has 1 aliphatic rings. The SMILES string of the molecule is COc1ccc([C@@H](c2ccc(Cl)cc2)N(CCOc2ccccc2)C(=O)C2CCNCC2)cc1. The molecule has 5 nitrogen and oxygen atoms in total. The van der Waals surface area contributed by atoms with E-state index in [1.807, 2.05) is 83.8 Å². The number of carbonyl (C=O) groups excluding carboxylic acids is 1. The molecule has 0 aliphatic carbocycles. The number of carbonyl (C=O) groups is 1.